The lowest BCUT2D eigenvalue weighted by molar-refractivity contribution is -0.124. The third-order valence-electron chi connectivity index (χ3n) is 4.74. The molecule has 8 nitrogen and oxygen atoms in total. The molecule has 1 fully saturated rings. The SMILES string of the molecule is COCCNC(=O)[C@H]1C[C@H](Oc2cccnc2)CN1S(=O)(=O)c1ccccc1C. The molecule has 1 aliphatic heterocycles. The molecule has 0 bridgehead atoms. The number of aryl methyl sites for hydroxylation is 1. The van der Waals surface area contributed by atoms with Crippen LogP contribution in [0.25, 0.3) is 0 Å². The molecule has 1 amide bonds. The van der Waals surface area contributed by atoms with E-state index in [4.69, 9.17) is 9.47 Å². The van der Waals surface area contributed by atoms with Gasteiger partial charge in [0, 0.05) is 26.3 Å². The van der Waals surface area contributed by atoms with E-state index in [2.05, 4.69) is 10.3 Å². The Balaban J connectivity index is 1.86. The summed E-state index contributed by atoms with van der Waals surface area (Å²) in [6.07, 6.45) is 2.98. The van der Waals surface area contributed by atoms with Crippen molar-refractivity contribution in [3.8, 4) is 5.75 Å². The van der Waals surface area contributed by atoms with E-state index in [0.717, 1.165) is 0 Å². The van der Waals surface area contributed by atoms with Gasteiger partial charge in [0.1, 0.15) is 17.9 Å². The van der Waals surface area contributed by atoms with Gasteiger partial charge in [-0.05, 0) is 30.7 Å². The Hall–Kier alpha value is -2.49. The molecule has 1 aromatic heterocycles. The van der Waals surface area contributed by atoms with Crippen molar-refractivity contribution in [1.29, 1.82) is 0 Å². The predicted octanol–water partition coefficient (Wildman–Crippen LogP) is 1.36. The Bertz CT molecular complexity index is 936. The minimum Gasteiger partial charge on any atom is -0.487 e. The van der Waals surface area contributed by atoms with Crippen LogP contribution in [0.3, 0.4) is 0 Å². The van der Waals surface area contributed by atoms with E-state index in [1.807, 2.05) is 0 Å². The van der Waals surface area contributed by atoms with Gasteiger partial charge < -0.3 is 14.8 Å². The van der Waals surface area contributed by atoms with Gasteiger partial charge in [0.25, 0.3) is 0 Å². The summed E-state index contributed by atoms with van der Waals surface area (Å²) in [4.78, 5) is 16.9. The van der Waals surface area contributed by atoms with Crippen LogP contribution in [-0.4, -0.2) is 62.6 Å². The maximum absolute atomic E-state index is 13.4. The zero-order chi connectivity index (χ0) is 20.9. The van der Waals surface area contributed by atoms with E-state index >= 15 is 0 Å². The highest BCUT2D eigenvalue weighted by atomic mass is 32.2. The predicted molar refractivity (Wildman–Crippen MR) is 107 cm³/mol. The average Bonchev–Trinajstić information content (AvgIpc) is 3.14. The molecule has 9 heteroatoms. The van der Waals surface area contributed by atoms with Gasteiger partial charge >= 0.3 is 0 Å². The second kappa shape index (κ2) is 9.34. The number of methoxy groups -OCH3 is 1. The average molecular weight is 420 g/mol. The first-order chi connectivity index (χ1) is 13.9. The van der Waals surface area contributed by atoms with Crippen molar-refractivity contribution in [2.75, 3.05) is 26.8 Å². The van der Waals surface area contributed by atoms with E-state index in [0.29, 0.717) is 24.5 Å². The quantitative estimate of drug-likeness (QED) is 0.649. The van der Waals surface area contributed by atoms with Gasteiger partial charge in [0.15, 0.2) is 0 Å². The molecule has 2 heterocycles. The van der Waals surface area contributed by atoms with Crippen molar-refractivity contribution in [2.24, 2.45) is 0 Å². The highest BCUT2D eigenvalue weighted by molar-refractivity contribution is 7.89. The highest BCUT2D eigenvalue weighted by Crippen LogP contribution is 2.30. The van der Waals surface area contributed by atoms with Crippen LogP contribution in [0.4, 0.5) is 0 Å². The van der Waals surface area contributed by atoms with Crippen molar-refractivity contribution in [2.45, 2.75) is 30.4 Å². The summed E-state index contributed by atoms with van der Waals surface area (Å²) < 4.78 is 38.8. The Labute approximate surface area is 170 Å². The fourth-order valence-electron chi connectivity index (χ4n) is 3.33. The second-order valence-corrected chi connectivity index (χ2v) is 8.66. The van der Waals surface area contributed by atoms with Crippen LogP contribution in [-0.2, 0) is 19.6 Å². The number of rotatable bonds is 8. The Morgan fingerprint density at radius 2 is 2.07 bits per heavy atom. The zero-order valence-corrected chi connectivity index (χ0v) is 17.3. The van der Waals surface area contributed by atoms with Crippen LogP contribution >= 0.6 is 0 Å². The van der Waals surface area contributed by atoms with Crippen molar-refractivity contribution in [3.63, 3.8) is 0 Å². The van der Waals surface area contributed by atoms with Crippen LogP contribution in [0.2, 0.25) is 0 Å². The number of carbonyl (C=O) groups is 1. The Kier molecular flexibility index (Phi) is 6.83. The van der Waals surface area contributed by atoms with E-state index in [1.54, 1.807) is 55.7 Å². The topological polar surface area (TPSA) is 97.8 Å². The smallest absolute Gasteiger partial charge is 0.244 e. The number of hydrogen-bond acceptors (Lipinski definition) is 6. The van der Waals surface area contributed by atoms with Crippen molar-refractivity contribution < 1.29 is 22.7 Å². The summed E-state index contributed by atoms with van der Waals surface area (Å²) in [7, 11) is -2.34. The molecule has 3 rings (SSSR count). The van der Waals surface area contributed by atoms with Crippen LogP contribution in [0.15, 0.2) is 53.7 Å². The maximum atomic E-state index is 13.4. The number of pyridine rings is 1. The van der Waals surface area contributed by atoms with E-state index in [1.165, 1.54) is 11.4 Å². The van der Waals surface area contributed by atoms with Crippen LogP contribution in [0.1, 0.15) is 12.0 Å². The zero-order valence-electron chi connectivity index (χ0n) is 16.4. The third-order valence-corrected chi connectivity index (χ3v) is 6.78. The van der Waals surface area contributed by atoms with Crippen LogP contribution in [0.5, 0.6) is 5.75 Å². The number of carbonyl (C=O) groups excluding carboxylic acids is 1. The molecule has 0 saturated carbocycles. The van der Waals surface area contributed by atoms with Gasteiger partial charge in [-0.3, -0.25) is 9.78 Å². The number of aromatic nitrogens is 1. The molecule has 0 unspecified atom stereocenters. The fraction of sp³-hybridized carbons (Fsp3) is 0.400. The largest absolute Gasteiger partial charge is 0.487 e. The number of amides is 1. The summed E-state index contributed by atoms with van der Waals surface area (Å²) >= 11 is 0. The van der Waals surface area contributed by atoms with Gasteiger partial charge in [-0.15, -0.1) is 0 Å². The number of nitrogens with zero attached hydrogens (tertiary/aromatic N) is 2. The van der Waals surface area contributed by atoms with Crippen molar-refractivity contribution in [3.05, 3.63) is 54.4 Å². The molecule has 2 atom stereocenters. The van der Waals surface area contributed by atoms with E-state index < -0.39 is 22.2 Å². The lowest BCUT2D eigenvalue weighted by Gasteiger charge is -2.23. The van der Waals surface area contributed by atoms with Crippen molar-refractivity contribution in [1.82, 2.24) is 14.6 Å². The summed E-state index contributed by atoms with van der Waals surface area (Å²) in [5, 5.41) is 2.74. The number of sulfonamides is 1. The Morgan fingerprint density at radius 1 is 1.28 bits per heavy atom. The number of hydrogen-bond donors (Lipinski definition) is 1. The van der Waals surface area contributed by atoms with Gasteiger partial charge in [0.2, 0.25) is 15.9 Å². The van der Waals surface area contributed by atoms with E-state index in [-0.39, 0.29) is 23.8 Å². The number of benzene rings is 1. The minimum absolute atomic E-state index is 0.0773. The first-order valence-corrected chi connectivity index (χ1v) is 10.8. The van der Waals surface area contributed by atoms with Crippen molar-refractivity contribution >= 4 is 15.9 Å². The lowest BCUT2D eigenvalue weighted by Crippen LogP contribution is -2.46. The first-order valence-electron chi connectivity index (χ1n) is 9.34. The summed E-state index contributed by atoms with van der Waals surface area (Å²) in [5.74, 6) is 0.169. The fourth-order valence-corrected chi connectivity index (χ4v) is 5.19. The maximum Gasteiger partial charge on any atom is 0.244 e. The van der Waals surface area contributed by atoms with Crippen LogP contribution < -0.4 is 10.1 Å². The molecule has 1 saturated heterocycles. The van der Waals surface area contributed by atoms with Crippen LogP contribution in [0, 0.1) is 6.92 Å². The summed E-state index contributed by atoms with van der Waals surface area (Å²) in [6, 6.07) is 9.37. The molecular formula is C20H25N3O5S. The summed E-state index contributed by atoms with van der Waals surface area (Å²) in [6.45, 7) is 2.46. The molecule has 2 aromatic rings. The second-order valence-electron chi connectivity index (χ2n) is 6.80. The van der Waals surface area contributed by atoms with E-state index in [9.17, 15) is 13.2 Å². The number of ether oxygens (including phenoxy) is 2. The molecule has 29 heavy (non-hydrogen) atoms. The lowest BCUT2D eigenvalue weighted by atomic mass is 10.2. The first kappa shape index (κ1) is 21.2. The normalized spacial score (nSPS) is 19.8. The third kappa shape index (κ3) is 4.92. The highest BCUT2D eigenvalue weighted by Gasteiger charge is 2.45. The standard InChI is InChI=1S/C20H25N3O5S/c1-15-6-3-4-8-19(15)29(25,26)23-14-17(28-16-7-5-9-21-13-16)12-18(23)20(24)22-10-11-27-2/h3-9,13,17-18H,10-12,14H2,1-2H3,(H,22,24)/t17-,18+/m0/s1. The molecule has 0 aliphatic carbocycles. The van der Waals surface area contributed by atoms with Gasteiger partial charge in [-0.25, -0.2) is 8.42 Å². The molecule has 0 spiro atoms. The van der Waals surface area contributed by atoms with Gasteiger partial charge in [0.05, 0.1) is 24.2 Å². The molecular weight excluding hydrogens is 394 g/mol. The van der Waals surface area contributed by atoms with Gasteiger partial charge in [-0.1, -0.05) is 18.2 Å². The molecule has 0 radical (unpaired) electrons. The minimum atomic E-state index is -3.87. The molecule has 1 N–H and O–H groups in total. The number of nitrogens with one attached hydrogen (secondary N) is 1. The monoisotopic (exact) mass is 419 g/mol. The summed E-state index contributed by atoms with van der Waals surface area (Å²) in [5.41, 5.74) is 0.627. The molecule has 1 aromatic carbocycles. The molecule has 1 aliphatic rings. The van der Waals surface area contributed by atoms with Gasteiger partial charge in [-0.2, -0.15) is 4.31 Å². The molecule has 156 valence electrons. The Morgan fingerprint density at radius 3 is 2.76 bits per heavy atom.